The largest absolute Gasteiger partial charge is 0.480 e. The first-order valence-corrected chi connectivity index (χ1v) is 10.1. The molecule has 1 aliphatic rings. The summed E-state index contributed by atoms with van der Waals surface area (Å²) >= 11 is 6.09. The lowest BCUT2D eigenvalue weighted by Crippen LogP contribution is -2.33. The van der Waals surface area contributed by atoms with E-state index < -0.39 is 18.4 Å². The summed E-state index contributed by atoms with van der Waals surface area (Å²) in [5.74, 6) is -1.01. The van der Waals surface area contributed by atoms with E-state index in [1.807, 2.05) is 26.8 Å². The average Bonchev–Trinajstić information content (AvgIpc) is 2.90. The Hall–Kier alpha value is -2.72. The molecule has 8 nitrogen and oxygen atoms in total. The third-order valence-electron chi connectivity index (χ3n) is 4.13. The minimum Gasteiger partial charge on any atom is -0.480 e. The Labute approximate surface area is 176 Å². The van der Waals surface area contributed by atoms with Gasteiger partial charge >= 0.3 is 5.97 Å². The molecule has 0 atom stereocenters. The maximum atomic E-state index is 13.2. The van der Waals surface area contributed by atoms with Crippen molar-refractivity contribution in [3.05, 3.63) is 44.7 Å². The van der Waals surface area contributed by atoms with Gasteiger partial charge in [-0.05, 0) is 30.5 Å². The van der Waals surface area contributed by atoms with Crippen LogP contribution >= 0.6 is 24.0 Å². The zero-order valence-corrected chi connectivity index (χ0v) is 17.8. The number of carboxylic acids is 1. The fourth-order valence-electron chi connectivity index (χ4n) is 2.73. The highest BCUT2D eigenvalue weighted by Gasteiger charge is 2.34. The molecule has 29 heavy (non-hydrogen) atoms. The maximum absolute atomic E-state index is 13.2. The van der Waals surface area contributed by atoms with Crippen LogP contribution in [-0.4, -0.2) is 48.7 Å². The number of carbonyl (C=O) groups excluding carboxylic acids is 1. The highest BCUT2D eigenvalue weighted by molar-refractivity contribution is 8.26. The smallest absolute Gasteiger partial charge is 0.323 e. The molecule has 1 aliphatic heterocycles. The van der Waals surface area contributed by atoms with Crippen LogP contribution in [0.15, 0.2) is 28.0 Å². The van der Waals surface area contributed by atoms with Crippen molar-refractivity contribution in [2.24, 2.45) is 5.92 Å². The zero-order valence-electron chi connectivity index (χ0n) is 16.1. The minimum absolute atomic E-state index is 0.144. The molecule has 2 aromatic rings. The van der Waals surface area contributed by atoms with Crippen LogP contribution in [-0.2, 0) is 9.59 Å². The second-order valence-corrected chi connectivity index (χ2v) is 8.73. The van der Waals surface area contributed by atoms with E-state index in [2.05, 4.69) is 10.3 Å². The number of pyridine rings is 1. The summed E-state index contributed by atoms with van der Waals surface area (Å²) < 4.78 is 1.57. The second kappa shape index (κ2) is 8.34. The Morgan fingerprint density at radius 2 is 2.10 bits per heavy atom. The molecule has 2 N–H and O–H groups in total. The summed E-state index contributed by atoms with van der Waals surface area (Å²) in [6, 6.07) is 3.62. The fourth-order valence-corrected chi connectivity index (χ4v) is 3.96. The summed E-state index contributed by atoms with van der Waals surface area (Å²) in [4.78, 5) is 42.5. The van der Waals surface area contributed by atoms with Crippen LogP contribution in [0, 0.1) is 12.8 Å². The number of nitrogens with one attached hydrogen (secondary N) is 1. The quantitative estimate of drug-likeness (QED) is 0.530. The van der Waals surface area contributed by atoms with Crippen molar-refractivity contribution >= 4 is 57.7 Å². The third kappa shape index (κ3) is 4.48. The predicted octanol–water partition coefficient (Wildman–Crippen LogP) is 2.36. The molecule has 1 amide bonds. The van der Waals surface area contributed by atoms with Gasteiger partial charge in [-0.15, -0.1) is 0 Å². The number of thioether (sulfide) groups is 1. The number of anilines is 1. The number of amides is 1. The zero-order chi connectivity index (χ0) is 21.3. The van der Waals surface area contributed by atoms with Gasteiger partial charge in [-0.25, -0.2) is 4.98 Å². The van der Waals surface area contributed by atoms with E-state index in [-0.39, 0.29) is 20.3 Å². The molecule has 0 spiro atoms. The molecule has 0 unspecified atom stereocenters. The highest BCUT2D eigenvalue weighted by Crippen LogP contribution is 2.32. The molecule has 0 aliphatic carbocycles. The van der Waals surface area contributed by atoms with Crippen molar-refractivity contribution in [1.82, 2.24) is 14.3 Å². The van der Waals surface area contributed by atoms with E-state index in [1.165, 1.54) is 10.5 Å². The van der Waals surface area contributed by atoms with Gasteiger partial charge in [0.05, 0.1) is 10.5 Å². The average molecular weight is 433 g/mol. The number of aromatic nitrogens is 2. The van der Waals surface area contributed by atoms with Crippen molar-refractivity contribution in [3.8, 4) is 0 Å². The number of hydrogen-bond acceptors (Lipinski definition) is 7. The number of aryl methyl sites for hydroxylation is 1. The highest BCUT2D eigenvalue weighted by atomic mass is 32.2. The summed E-state index contributed by atoms with van der Waals surface area (Å²) in [6.45, 7) is 6.00. The summed E-state index contributed by atoms with van der Waals surface area (Å²) in [5.41, 5.74) is 1.28. The van der Waals surface area contributed by atoms with Gasteiger partial charge < -0.3 is 10.4 Å². The molecule has 0 saturated carbocycles. The van der Waals surface area contributed by atoms with Gasteiger partial charge in [-0.2, -0.15) is 0 Å². The Morgan fingerprint density at radius 3 is 2.76 bits per heavy atom. The molecule has 10 heteroatoms. The van der Waals surface area contributed by atoms with Crippen molar-refractivity contribution in [3.63, 3.8) is 0 Å². The Balaban J connectivity index is 2.12. The molecule has 1 fully saturated rings. The van der Waals surface area contributed by atoms with E-state index in [1.54, 1.807) is 12.3 Å². The first-order valence-electron chi connectivity index (χ1n) is 8.91. The van der Waals surface area contributed by atoms with Gasteiger partial charge in [0.1, 0.15) is 22.3 Å². The maximum Gasteiger partial charge on any atom is 0.323 e. The van der Waals surface area contributed by atoms with Crippen LogP contribution in [0.4, 0.5) is 5.82 Å². The van der Waals surface area contributed by atoms with Crippen molar-refractivity contribution in [2.75, 3.05) is 18.4 Å². The van der Waals surface area contributed by atoms with E-state index in [0.717, 1.165) is 22.2 Å². The number of fused-ring (bicyclic) bond motifs is 1. The molecule has 3 rings (SSSR count). The molecular formula is C19H20N4O4S2. The van der Waals surface area contributed by atoms with Crippen LogP contribution < -0.4 is 10.9 Å². The first kappa shape index (κ1) is 21.0. The standard InChI is InChI=1S/C19H20N4O4S2/c1-10(2)7-20-16-12(17(26)22-8-11(3)4-5-14(22)21-16)6-13-18(27)23(9-15(24)25)19(28)29-13/h4-6,8,10,20H,7,9H2,1-3H3,(H,24,25)/b13-6-. The second-order valence-electron chi connectivity index (χ2n) is 7.05. The lowest BCUT2D eigenvalue weighted by Gasteiger charge is -2.13. The van der Waals surface area contributed by atoms with Gasteiger partial charge in [0.15, 0.2) is 0 Å². The predicted molar refractivity (Wildman–Crippen MR) is 117 cm³/mol. The van der Waals surface area contributed by atoms with Gasteiger partial charge in [0, 0.05) is 12.7 Å². The number of carbonyl (C=O) groups is 2. The monoisotopic (exact) mass is 432 g/mol. The van der Waals surface area contributed by atoms with Crippen molar-refractivity contribution in [2.45, 2.75) is 20.8 Å². The van der Waals surface area contributed by atoms with Gasteiger partial charge in [-0.1, -0.05) is 43.9 Å². The number of rotatable bonds is 6. The van der Waals surface area contributed by atoms with Crippen LogP contribution in [0.1, 0.15) is 25.0 Å². The van der Waals surface area contributed by atoms with Crippen LogP contribution in [0.5, 0.6) is 0 Å². The lowest BCUT2D eigenvalue weighted by molar-refractivity contribution is -0.140. The summed E-state index contributed by atoms with van der Waals surface area (Å²) in [7, 11) is 0. The van der Waals surface area contributed by atoms with E-state index in [4.69, 9.17) is 17.3 Å². The number of aliphatic carboxylic acids is 1. The minimum atomic E-state index is -1.16. The van der Waals surface area contributed by atoms with E-state index >= 15 is 0 Å². The first-order chi connectivity index (χ1) is 13.7. The molecule has 0 bridgehead atoms. The van der Waals surface area contributed by atoms with Crippen LogP contribution in [0.2, 0.25) is 0 Å². The molecule has 0 aromatic carbocycles. The number of hydrogen-bond donors (Lipinski definition) is 2. The molecule has 2 aromatic heterocycles. The van der Waals surface area contributed by atoms with Crippen molar-refractivity contribution < 1.29 is 14.7 Å². The summed E-state index contributed by atoms with van der Waals surface area (Å²) in [5, 5.41) is 12.2. The SMILES string of the molecule is Cc1ccc2nc(NCC(C)C)c(/C=C3\SC(=S)N(CC(=O)O)C3=O)c(=O)n2c1. The van der Waals surface area contributed by atoms with Gasteiger partial charge in [0.25, 0.3) is 11.5 Å². The fraction of sp³-hybridized carbons (Fsp3) is 0.316. The van der Waals surface area contributed by atoms with Crippen molar-refractivity contribution in [1.29, 1.82) is 0 Å². The molecular weight excluding hydrogens is 412 g/mol. The Morgan fingerprint density at radius 1 is 1.38 bits per heavy atom. The summed E-state index contributed by atoms with van der Waals surface area (Å²) in [6.07, 6.45) is 3.12. The van der Waals surface area contributed by atoms with E-state index in [0.29, 0.717) is 23.9 Å². The molecule has 0 radical (unpaired) electrons. The van der Waals surface area contributed by atoms with Crippen LogP contribution in [0.3, 0.4) is 0 Å². The molecule has 1 saturated heterocycles. The number of nitrogens with zero attached hydrogens (tertiary/aromatic N) is 3. The lowest BCUT2D eigenvalue weighted by atomic mass is 10.2. The third-order valence-corrected chi connectivity index (χ3v) is 5.50. The molecule has 3 heterocycles. The van der Waals surface area contributed by atoms with Gasteiger partial charge in [0.2, 0.25) is 0 Å². The molecule has 152 valence electrons. The topological polar surface area (TPSA) is 104 Å². The Bertz CT molecular complexity index is 1110. The number of carboxylic acid groups (broad SMARTS) is 1. The Kier molecular flexibility index (Phi) is 6.04. The van der Waals surface area contributed by atoms with Crippen LogP contribution in [0.25, 0.3) is 11.7 Å². The van der Waals surface area contributed by atoms with E-state index in [9.17, 15) is 14.4 Å². The normalized spacial score (nSPS) is 15.7. The number of thiocarbonyl (C=S) groups is 1. The van der Waals surface area contributed by atoms with Gasteiger partial charge in [-0.3, -0.25) is 23.7 Å².